The number of nitrogens with zero attached hydrogens (tertiary/aromatic N) is 8. The lowest BCUT2D eigenvalue weighted by molar-refractivity contribution is -0.128. The molecule has 258 valence electrons. The summed E-state index contributed by atoms with van der Waals surface area (Å²) >= 11 is 0. The molecule has 10 heteroatoms. The minimum Gasteiger partial charge on any atom is -0.359 e. The second-order valence-corrected chi connectivity index (χ2v) is 14.6. The van der Waals surface area contributed by atoms with E-state index in [0.29, 0.717) is 31.9 Å². The first-order valence-corrected chi connectivity index (χ1v) is 17.9. The molecule has 1 spiro atoms. The molecule has 2 fully saturated rings. The average molecular weight is 671 g/mol. The van der Waals surface area contributed by atoms with Crippen molar-refractivity contribution in [2.45, 2.75) is 90.1 Å². The quantitative estimate of drug-likeness (QED) is 0.211. The molecule has 1 saturated carbocycles. The third kappa shape index (κ3) is 5.26. The third-order valence-corrected chi connectivity index (χ3v) is 11.0. The molecule has 3 aliphatic rings. The molecule has 2 aromatic heterocycles. The van der Waals surface area contributed by atoms with E-state index in [1.54, 1.807) is 11.2 Å². The topological polar surface area (TPSA) is 111 Å². The number of piperazine rings is 1. The minimum atomic E-state index is -0.452. The Morgan fingerprint density at radius 1 is 1.06 bits per heavy atom. The van der Waals surface area contributed by atoms with E-state index in [0.717, 1.165) is 54.1 Å². The summed E-state index contributed by atoms with van der Waals surface area (Å²) in [5.74, 6) is 0.584. The number of fused-ring (bicyclic) bond motifs is 3. The smallest absolute Gasteiger partial charge is 0.354 e. The maximum absolute atomic E-state index is 14.9. The van der Waals surface area contributed by atoms with Gasteiger partial charge in [0, 0.05) is 42.8 Å². The molecule has 1 aliphatic carbocycles. The minimum absolute atomic E-state index is 0.0488. The highest BCUT2D eigenvalue weighted by Gasteiger charge is 2.52. The van der Waals surface area contributed by atoms with Crippen LogP contribution in [0, 0.1) is 18.3 Å². The number of aromatic nitrogens is 4. The van der Waals surface area contributed by atoms with Crippen molar-refractivity contribution in [1.29, 1.82) is 5.26 Å². The van der Waals surface area contributed by atoms with Gasteiger partial charge in [-0.2, -0.15) is 10.2 Å². The Morgan fingerprint density at radius 3 is 2.38 bits per heavy atom. The van der Waals surface area contributed by atoms with Gasteiger partial charge in [-0.3, -0.25) is 9.36 Å². The van der Waals surface area contributed by atoms with E-state index >= 15 is 0 Å². The molecule has 7 rings (SSSR count). The molecule has 4 heterocycles. The van der Waals surface area contributed by atoms with Crippen molar-refractivity contribution in [3.05, 3.63) is 94.1 Å². The second kappa shape index (κ2) is 13.0. The number of hydrogen-bond acceptors (Lipinski definition) is 8. The summed E-state index contributed by atoms with van der Waals surface area (Å²) in [6, 6.07) is 14.9. The van der Waals surface area contributed by atoms with E-state index in [1.807, 2.05) is 4.57 Å². The Kier molecular flexibility index (Phi) is 8.71. The molecule has 0 bridgehead atoms. The van der Waals surface area contributed by atoms with Crippen molar-refractivity contribution in [1.82, 2.24) is 24.4 Å². The van der Waals surface area contributed by atoms with Crippen LogP contribution in [-0.2, 0) is 16.8 Å². The van der Waals surface area contributed by atoms with E-state index in [-0.39, 0.29) is 35.9 Å². The van der Waals surface area contributed by atoms with Crippen LogP contribution in [0.15, 0.2) is 60.2 Å². The molecule has 0 radical (unpaired) electrons. The molecule has 10 nitrogen and oxygen atoms in total. The number of amides is 1. The van der Waals surface area contributed by atoms with Gasteiger partial charge >= 0.3 is 5.69 Å². The normalized spacial score (nSPS) is 18.4. The lowest BCUT2D eigenvalue weighted by Crippen LogP contribution is -2.59. The first kappa shape index (κ1) is 33.5. The van der Waals surface area contributed by atoms with Gasteiger partial charge in [-0.05, 0) is 67.5 Å². The van der Waals surface area contributed by atoms with E-state index in [1.165, 1.54) is 28.1 Å². The van der Waals surface area contributed by atoms with E-state index in [4.69, 9.17) is 15.0 Å². The number of anilines is 2. The average Bonchev–Trinajstić information content (AvgIpc) is 3.09. The van der Waals surface area contributed by atoms with Crippen LogP contribution in [0.25, 0.3) is 16.5 Å². The Morgan fingerprint density at radius 2 is 1.76 bits per heavy atom. The highest BCUT2D eigenvalue weighted by molar-refractivity contribution is 5.97. The van der Waals surface area contributed by atoms with Gasteiger partial charge in [0.1, 0.15) is 12.1 Å². The van der Waals surface area contributed by atoms with E-state index in [2.05, 4.69) is 93.5 Å². The van der Waals surface area contributed by atoms with E-state index < -0.39 is 5.54 Å². The van der Waals surface area contributed by atoms with Crippen LogP contribution >= 0.6 is 0 Å². The predicted octanol–water partition coefficient (Wildman–Crippen LogP) is 6.29. The van der Waals surface area contributed by atoms with Crippen molar-refractivity contribution in [2.24, 2.45) is 0 Å². The molecule has 50 heavy (non-hydrogen) atoms. The van der Waals surface area contributed by atoms with Crippen molar-refractivity contribution in [3.63, 3.8) is 0 Å². The van der Waals surface area contributed by atoms with Crippen LogP contribution in [0.4, 0.5) is 11.5 Å². The molecular formula is C40H46N8O2. The first-order valence-electron chi connectivity index (χ1n) is 17.9. The van der Waals surface area contributed by atoms with Crippen molar-refractivity contribution >= 4 is 28.2 Å². The number of nitriles is 1. The van der Waals surface area contributed by atoms with Crippen LogP contribution < -0.4 is 15.5 Å². The second-order valence-electron chi connectivity index (χ2n) is 14.6. The van der Waals surface area contributed by atoms with Gasteiger partial charge in [-0.1, -0.05) is 64.6 Å². The molecule has 0 unspecified atom stereocenters. The molecule has 2 aliphatic heterocycles. The standard InChI is InChI=1S/C40H46N8O2/c1-7-32(49)46-22-21-45(23-29(46)15-19-41)38-30-16-20-47(31-14-9-13-28-12-8-11-27(6)33(28)31)40(17-10-18-40)37(30)48(39(50)44-38)36-34(25(2)3)42-24-43-35(36)26(4)5/h7-9,11-14,24-26,29H,1,10,15-18,20-23H2,2-6H3/t29-/m0/s1. The van der Waals surface area contributed by atoms with Crippen molar-refractivity contribution in [3.8, 4) is 11.8 Å². The highest BCUT2D eigenvalue weighted by Crippen LogP contribution is 2.54. The fourth-order valence-electron chi connectivity index (χ4n) is 8.61. The maximum atomic E-state index is 14.9. The summed E-state index contributed by atoms with van der Waals surface area (Å²) in [6.07, 6.45) is 6.63. The molecule has 1 amide bonds. The largest absolute Gasteiger partial charge is 0.359 e. The fraction of sp³-hybridized carbons (Fsp3) is 0.450. The van der Waals surface area contributed by atoms with Gasteiger partial charge in [0.05, 0.1) is 46.8 Å². The number of aryl methyl sites for hydroxylation is 1. The predicted molar refractivity (Wildman–Crippen MR) is 197 cm³/mol. The van der Waals surface area contributed by atoms with Gasteiger partial charge in [0.25, 0.3) is 0 Å². The van der Waals surface area contributed by atoms with Gasteiger partial charge in [-0.15, -0.1) is 0 Å². The Bertz CT molecular complexity index is 2060. The maximum Gasteiger partial charge on any atom is 0.354 e. The molecule has 1 saturated heterocycles. The molecule has 4 aromatic rings. The van der Waals surface area contributed by atoms with Crippen LogP contribution in [0.3, 0.4) is 0 Å². The zero-order valence-corrected chi connectivity index (χ0v) is 29.8. The SMILES string of the molecule is C=CC(=O)N1CCN(c2nc(=O)n(-c3c(C(C)C)ncnc3C(C)C)c3c2CCN(c2cccc4cccc(C)c24)C32CCC2)C[C@@H]1CC#N. The number of carbonyl (C=O) groups is 1. The monoisotopic (exact) mass is 670 g/mol. The summed E-state index contributed by atoms with van der Waals surface area (Å²) in [7, 11) is 0. The zero-order valence-electron chi connectivity index (χ0n) is 29.8. The molecule has 1 atom stereocenters. The Hall–Kier alpha value is -5.04. The fourth-order valence-corrected chi connectivity index (χ4v) is 8.61. The summed E-state index contributed by atoms with van der Waals surface area (Å²) in [5, 5.41) is 12.1. The number of rotatable bonds is 7. The summed E-state index contributed by atoms with van der Waals surface area (Å²) in [4.78, 5) is 48.6. The van der Waals surface area contributed by atoms with Gasteiger partial charge in [0.2, 0.25) is 5.91 Å². The summed E-state index contributed by atoms with van der Waals surface area (Å²) in [5.41, 5.74) is 6.08. The third-order valence-electron chi connectivity index (χ3n) is 11.0. The van der Waals surface area contributed by atoms with Crippen LogP contribution in [0.2, 0.25) is 0 Å². The van der Waals surface area contributed by atoms with Gasteiger partial charge in [0.15, 0.2) is 0 Å². The zero-order chi connectivity index (χ0) is 35.3. The Labute approximate surface area is 294 Å². The van der Waals surface area contributed by atoms with Crippen molar-refractivity contribution < 1.29 is 4.79 Å². The lowest BCUT2D eigenvalue weighted by Gasteiger charge is -2.56. The molecule has 0 N–H and O–H groups in total. The highest BCUT2D eigenvalue weighted by atomic mass is 16.2. The van der Waals surface area contributed by atoms with Crippen LogP contribution in [0.5, 0.6) is 0 Å². The van der Waals surface area contributed by atoms with Crippen molar-refractivity contribution in [2.75, 3.05) is 36.0 Å². The van der Waals surface area contributed by atoms with Crippen LogP contribution in [0.1, 0.15) is 93.4 Å². The summed E-state index contributed by atoms with van der Waals surface area (Å²) in [6.45, 7) is 16.4. The van der Waals surface area contributed by atoms with Gasteiger partial charge < -0.3 is 14.7 Å². The summed E-state index contributed by atoms with van der Waals surface area (Å²) < 4.78 is 1.89. The number of hydrogen-bond donors (Lipinski definition) is 0. The first-order chi connectivity index (χ1) is 24.1. The molecular weight excluding hydrogens is 624 g/mol. The molecule has 2 aromatic carbocycles. The van der Waals surface area contributed by atoms with Crippen LogP contribution in [-0.4, -0.2) is 62.5 Å². The van der Waals surface area contributed by atoms with Gasteiger partial charge in [-0.25, -0.2) is 14.8 Å². The van der Waals surface area contributed by atoms with E-state index in [9.17, 15) is 14.9 Å². The Balaban J connectivity index is 1.50. The lowest BCUT2D eigenvalue weighted by atomic mass is 9.68. The number of carbonyl (C=O) groups excluding carboxylic acids is 1. The number of benzene rings is 2.